The highest BCUT2D eigenvalue weighted by molar-refractivity contribution is 9.11. The summed E-state index contributed by atoms with van der Waals surface area (Å²) in [6.45, 7) is 3.96. The molecule has 0 aliphatic heterocycles. The molecule has 0 aliphatic carbocycles. The lowest BCUT2D eigenvalue weighted by molar-refractivity contribution is 0.0528. The normalized spacial score (nSPS) is 10.4. The number of esters is 1. The molecule has 2 heterocycles. The molecule has 1 aromatic carbocycles. The summed E-state index contributed by atoms with van der Waals surface area (Å²) < 4.78 is 6.13. The monoisotopic (exact) mass is 523 g/mol. The van der Waals surface area contributed by atoms with Gasteiger partial charge in [-0.15, -0.1) is 22.7 Å². The molecular weight excluding hydrogens is 506 g/mol. The molecular formula is C20H18BrN3O3S3. The van der Waals surface area contributed by atoms with Crippen LogP contribution in [0.1, 0.15) is 31.8 Å². The van der Waals surface area contributed by atoms with Crippen molar-refractivity contribution in [2.75, 3.05) is 11.9 Å². The van der Waals surface area contributed by atoms with E-state index in [4.69, 9.17) is 17.0 Å². The Balaban J connectivity index is 1.80. The maximum absolute atomic E-state index is 12.7. The highest BCUT2D eigenvalue weighted by atomic mass is 79.9. The molecule has 0 unspecified atom stereocenters. The first-order valence-electron chi connectivity index (χ1n) is 8.89. The zero-order valence-corrected chi connectivity index (χ0v) is 20.1. The average Bonchev–Trinajstić information content (AvgIpc) is 3.30. The number of carbonyl (C=O) groups is 2. The summed E-state index contributed by atoms with van der Waals surface area (Å²) in [5.74, 6) is -0.744. The Kier molecular flexibility index (Phi) is 7.59. The van der Waals surface area contributed by atoms with Gasteiger partial charge >= 0.3 is 5.97 Å². The van der Waals surface area contributed by atoms with Crippen molar-refractivity contribution in [3.63, 3.8) is 0 Å². The van der Waals surface area contributed by atoms with E-state index in [2.05, 4.69) is 32.1 Å². The summed E-state index contributed by atoms with van der Waals surface area (Å²) >= 11 is 11.3. The number of hydrazine groups is 1. The number of amides is 1. The molecule has 0 bridgehead atoms. The molecule has 0 saturated carbocycles. The second-order valence-electron chi connectivity index (χ2n) is 5.96. The van der Waals surface area contributed by atoms with Crippen molar-refractivity contribution in [1.82, 2.24) is 10.9 Å². The third-order valence-electron chi connectivity index (χ3n) is 3.94. The van der Waals surface area contributed by atoms with Gasteiger partial charge in [0.15, 0.2) is 5.11 Å². The zero-order valence-electron chi connectivity index (χ0n) is 16.1. The van der Waals surface area contributed by atoms with E-state index in [-0.39, 0.29) is 17.6 Å². The number of nitrogens with one attached hydrogen (secondary N) is 3. The lowest BCUT2D eigenvalue weighted by atomic mass is 10.0. The van der Waals surface area contributed by atoms with Gasteiger partial charge in [0.25, 0.3) is 5.91 Å². The van der Waals surface area contributed by atoms with Gasteiger partial charge in [0, 0.05) is 10.4 Å². The fourth-order valence-corrected chi connectivity index (χ4v) is 5.30. The molecule has 30 heavy (non-hydrogen) atoms. The number of hydrogen-bond donors (Lipinski definition) is 3. The smallest absolute Gasteiger partial charge is 0.341 e. The number of rotatable bonds is 5. The molecule has 0 spiro atoms. The number of ether oxygens (including phenoxy) is 1. The van der Waals surface area contributed by atoms with E-state index in [1.165, 1.54) is 22.7 Å². The van der Waals surface area contributed by atoms with Gasteiger partial charge in [-0.05, 0) is 59.7 Å². The van der Waals surface area contributed by atoms with Crippen molar-refractivity contribution in [3.05, 3.63) is 61.6 Å². The molecule has 0 fully saturated rings. The number of halogens is 1. The molecule has 3 rings (SSSR count). The molecule has 0 radical (unpaired) electrons. The summed E-state index contributed by atoms with van der Waals surface area (Å²) in [6, 6.07) is 13.1. The van der Waals surface area contributed by atoms with Crippen molar-refractivity contribution >= 4 is 72.8 Å². The van der Waals surface area contributed by atoms with Crippen LogP contribution < -0.4 is 16.2 Å². The van der Waals surface area contributed by atoms with E-state index in [1.54, 1.807) is 19.1 Å². The number of thiophene rings is 2. The highest BCUT2D eigenvalue weighted by Gasteiger charge is 2.25. The minimum atomic E-state index is -0.432. The SMILES string of the molecule is CCOC(=O)c1c(NC(=S)NNC(=O)c2ccc(Br)s2)sc(C)c1-c1ccccc1. The van der Waals surface area contributed by atoms with Crippen molar-refractivity contribution < 1.29 is 14.3 Å². The van der Waals surface area contributed by atoms with Crippen molar-refractivity contribution in [3.8, 4) is 11.1 Å². The summed E-state index contributed by atoms with van der Waals surface area (Å²) in [5.41, 5.74) is 7.35. The van der Waals surface area contributed by atoms with E-state index in [0.717, 1.165) is 19.8 Å². The van der Waals surface area contributed by atoms with Gasteiger partial charge in [-0.1, -0.05) is 30.3 Å². The Morgan fingerprint density at radius 3 is 2.47 bits per heavy atom. The molecule has 156 valence electrons. The van der Waals surface area contributed by atoms with Crippen LogP contribution in [0, 0.1) is 6.92 Å². The first-order chi connectivity index (χ1) is 14.4. The van der Waals surface area contributed by atoms with E-state index >= 15 is 0 Å². The second-order valence-corrected chi connectivity index (χ2v) is 10.1. The third-order valence-corrected chi connectivity index (χ3v) is 6.79. The van der Waals surface area contributed by atoms with Crippen LogP contribution in [0.4, 0.5) is 5.00 Å². The number of anilines is 1. The van der Waals surface area contributed by atoms with Crippen LogP contribution in [-0.4, -0.2) is 23.6 Å². The van der Waals surface area contributed by atoms with E-state index in [9.17, 15) is 9.59 Å². The predicted molar refractivity (Wildman–Crippen MR) is 129 cm³/mol. The van der Waals surface area contributed by atoms with Crippen LogP contribution in [0.3, 0.4) is 0 Å². The number of aryl methyl sites for hydroxylation is 1. The first-order valence-corrected chi connectivity index (χ1v) is 11.7. The molecule has 2 aromatic heterocycles. The van der Waals surface area contributed by atoms with Gasteiger partial charge in [0.2, 0.25) is 0 Å². The maximum Gasteiger partial charge on any atom is 0.341 e. The molecule has 0 atom stereocenters. The Hall–Kier alpha value is -2.27. The lowest BCUT2D eigenvalue weighted by Crippen LogP contribution is -2.43. The standard InChI is InChI=1S/C20H18BrN3O3S3/c1-3-27-19(26)16-15(12-7-5-4-6-8-12)11(2)29-18(16)22-20(28)24-23-17(25)13-9-10-14(21)30-13/h4-10H,3H2,1-2H3,(H,23,25)(H2,22,24,28). The molecule has 0 saturated heterocycles. The van der Waals surface area contributed by atoms with Crippen LogP contribution in [0.5, 0.6) is 0 Å². The quantitative estimate of drug-likeness (QED) is 0.237. The van der Waals surface area contributed by atoms with E-state index in [1.807, 2.05) is 37.3 Å². The van der Waals surface area contributed by atoms with Gasteiger partial charge in [0.05, 0.1) is 15.3 Å². The molecule has 1 amide bonds. The Bertz CT molecular complexity index is 1080. The molecule has 3 aromatic rings. The van der Waals surface area contributed by atoms with Crippen LogP contribution >= 0.6 is 50.8 Å². The van der Waals surface area contributed by atoms with Gasteiger partial charge in [-0.3, -0.25) is 15.6 Å². The molecule has 6 nitrogen and oxygen atoms in total. The average molecular weight is 524 g/mol. The van der Waals surface area contributed by atoms with Gasteiger partial charge < -0.3 is 10.1 Å². The summed E-state index contributed by atoms with van der Waals surface area (Å²) in [7, 11) is 0. The fraction of sp³-hybridized carbons (Fsp3) is 0.150. The molecule has 3 N–H and O–H groups in total. The minimum absolute atomic E-state index is 0.158. The highest BCUT2D eigenvalue weighted by Crippen LogP contribution is 2.40. The van der Waals surface area contributed by atoms with Gasteiger partial charge in [-0.25, -0.2) is 4.79 Å². The van der Waals surface area contributed by atoms with E-state index < -0.39 is 5.97 Å². The molecule has 10 heteroatoms. The predicted octanol–water partition coefficient (Wildman–Crippen LogP) is 5.36. The van der Waals surface area contributed by atoms with Crippen LogP contribution in [0.15, 0.2) is 46.3 Å². The number of carbonyl (C=O) groups excluding carboxylic acids is 2. The largest absolute Gasteiger partial charge is 0.462 e. The number of thiocarbonyl (C=S) groups is 1. The number of benzene rings is 1. The van der Waals surface area contributed by atoms with Crippen LogP contribution in [-0.2, 0) is 4.74 Å². The lowest BCUT2D eigenvalue weighted by Gasteiger charge is -2.12. The fourth-order valence-electron chi connectivity index (χ4n) is 2.73. The van der Waals surface area contributed by atoms with Crippen LogP contribution in [0.25, 0.3) is 11.1 Å². The first kappa shape index (κ1) is 22.4. The maximum atomic E-state index is 12.7. The van der Waals surface area contributed by atoms with Gasteiger partial charge in [-0.2, -0.15) is 0 Å². The summed E-state index contributed by atoms with van der Waals surface area (Å²) in [6.07, 6.45) is 0. The molecule has 0 aliphatic rings. The van der Waals surface area contributed by atoms with Crippen molar-refractivity contribution in [2.45, 2.75) is 13.8 Å². The number of hydrogen-bond acceptors (Lipinski definition) is 6. The topological polar surface area (TPSA) is 79.5 Å². The van der Waals surface area contributed by atoms with E-state index in [0.29, 0.717) is 15.4 Å². The zero-order chi connectivity index (χ0) is 21.7. The second kappa shape index (κ2) is 10.2. The Morgan fingerprint density at radius 2 is 1.83 bits per heavy atom. The van der Waals surface area contributed by atoms with Crippen molar-refractivity contribution in [2.24, 2.45) is 0 Å². The Morgan fingerprint density at radius 1 is 1.10 bits per heavy atom. The minimum Gasteiger partial charge on any atom is -0.462 e. The van der Waals surface area contributed by atoms with Crippen LogP contribution in [0.2, 0.25) is 0 Å². The van der Waals surface area contributed by atoms with Gasteiger partial charge in [0.1, 0.15) is 10.6 Å². The third kappa shape index (κ3) is 5.25. The van der Waals surface area contributed by atoms with Crippen molar-refractivity contribution in [1.29, 1.82) is 0 Å². The Labute approximate surface area is 195 Å². The summed E-state index contributed by atoms with van der Waals surface area (Å²) in [4.78, 5) is 26.4. The summed E-state index contributed by atoms with van der Waals surface area (Å²) in [5, 5.41) is 3.72.